The lowest BCUT2D eigenvalue weighted by atomic mass is 10.0. The van der Waals surface area contributed by atoms with Gasteiger partial charge in [-0.2, -0.15) is 5.10 Å². The van der Waals surface area contributed by atoms with Crippen LogP contribution >= 0.6 is 0 Å². The van der Waals surface area contributed by atoms with Gasteiger partial charge in [-0.3, -0.25) is 9.59 Å². The highest BCUT2D eigenvalue weighted by Gasteiger charge is 2.10. The summed E-state index contributed by atoms with van der Waals surface area (Å²) in [6, 6.07) is 20.8. The Labute approximate surface area is 158 Å². The molecule has 0 aromatic heterocycles. The third-order valence-corrected chi connectivity index (χ3v) is 4.13. The Morgan fingerprint density at radius 2 is 1.63 bits per heavy atom. The maximum absolute atomic E-state index is 12.5. The van der Waals surface area contributed by atoms with Crippen molar-refractivity contribution in [3.63, 3.8) is 0 Å². The molecule has 0 aliphatic carbocycles. The van der Waals surface area contributed by atoms with E-state index >= 15 is 0 Å². The van der Waals surface area contributed by atoms with E-state index in [9.17, 15) is 9.59 Å². The van der Waals surface area contributed by atoms with E-state index in [0.29, 0.717) is 11.3 Å². The minimum absolute atomic E-state index is 0.101. The Morgan fingerprint density at radius 3 is 2.41 bits per heavy atom. The highest BCUT2D eigenvalue weighted by molar-refractivity contribution is 6.08. The number of hydrogen-bond donors (Lipinski definition) is 2. The summed E-state index contributed by atoms with van der Waals surface area (Å²) in [7, 11) is 0. The smallest absolute Gasteiger partial charge is 0.271 e. The molecule has 0 aliphatic heterocycles. The molecule has 27 heavy (non-hydrogen) atoms. The summed E-state index contributed by atoms with van der Waals surface area (Å²) >= 11 is 0. The maximum Gasteiger partial charge on any atom is 0.271 e. The Bertz CT molecular complexity index is 1000. The fraction of sp³-hybridized carbons (Fsp3) is 0.136. The van der Waals surface area contributed by atoms with Gasteiger partial charge >= 0.3 is 0 Å². The van der Waals surface area contributed by atoms with E-state index in [1.807, 2.05) is 67.6 Å². The second-order valence-electron chi connectivity index (χ2n) is 6.41. The average molecular weight is 359 g/mol. The largest absolute Gasteiger partial charge is 0.326 e. The summed E-state index contributed by atoms with van der Waals surface area (Å²) in [6.45, 7) is 3.69. The van der Waals surface area contributed by atoms with Crippen LogP contribution in [-0.2, 0) is 4.79 Å². The Kier molecular flexibility index (Phi) is 5.61. The number of carbonyl (C=O) groups is 2. The molecule has 3 aromatic carbocycles. The van der Waals surface area contributed by atoms with Gasteiger partial charge in [-0.05, 0) is 42.8 Å². The summed E-state index contributed by atoms with van der Waals surface area (Å²) in [6.07, 6.45) is 0.101. The number of carbonyl (C=O) groups excluding carboxylic acids is 2. The number of nitrogens with one attached hydrogen (secondary N) is 2. The molecule has 0 spiro atoms. The van der Waals surface area contributed by atoms with Gasteiger partial charge in [0.1, 0.15) is 0 Å². The molecule has 2 amide bonds. The van der Waals surface area contributed by atoms with Crippen LogP contribution in [0.5, 0.6) is 0 Å². The van der Waals surface area contributed by atoms with Crippen LogP contribution in [0.15, 0.2) is 71.8 Å². The monoisotopic (exact) mass is 359 g/mol. The lowest BCUT2D eigenvalue weighted by Crippen LogP contribution is -2.21. The average Bonchev–Trinajstić information content (AvgIpc) is 2.67. The van der Waals surface area contributed by atoms with Gasteiger partial charge < -0.3 is 5.32 Å². The van der Waals surface area contributed by atoms with E-state index in [-0.39, 0.29) is 18.2 Å². The summed E-state index contributed by atoms with van der Waals surface area (Å²) in [4.78, 5) is 24.5. The predicted octanol–water partition coefficient (Wildman–Crippen LogP) is 4.28. The first-order chi connectivity index (χ1) is 13.0. The van der Waals surface area contributed by atoms with Crippen LogP contribution in [0, 0.1) is 6.92 Å². The molecule has 0 radical (unpaired) electrons. The standard InChI is InChI=1S/C22H21N3O2/c1-15-10-12-18(13-11-15)23-21(26)14-16(2)24-25-22(27)20-9-5-7-17-6-3-4-8-19(17)20/h3-13H,14H2,1-2H3,(H,23,26)(H,25,27)/b24-16-. The minimum Gasteiger partial charge on any atom is -0.326 e. The summed E-state index contributed by atoms with van der Waals surface area (Å²) in [5.41, 5.74) is 5.47. The van der Waals surface area contributed by atoms with Gasteiger partial charge in [0.05, 0.1) is 6.42 Å². The van der Waals surface area contributed by atoms with Gasteiger partial charge in [0, 0.05) is 17.0 Å². The van der Waals surface area contributed by atoms with Crippen molar-refractivity contribution < 1.29 is 9.59 Å². The predicted molar refractivity (Wildman–Crippen MR) is 109 cm³/mol. The molecule has 0 saturated carbocycles. The fourth-order valence-corrected chi connectivity index (χ4v) is 2.74. The van der Waals surface area contributed by atoms with Crippen molar-refractivity contribution in [3.05, 3.63) is 77.9 Å². The molecule has 3 aromatic rings. The van der Waals surface area contributed by atoms with Crippen molar-refractivity contribution in [1.29, 1.82) is 0 Å². The SMILES string of the molecule is C/C(CC(=O)Nc1ccc(C)cc1)=N/NC(=O)c1cccc2ccccc12. The van der Waals surface area contributed by atoms with Crippen molar-refractivity contribution in [2.75, 3.05) is 5.32 Å². The highest BCUT2D eigenvalue weighted by atomic mass is 16.2. The molecule has 0 bridgehead atoms. The second kappa shape index (κ2) is 8.27. The Hall–Kier alpha value is -3.47. The first-order valence-corrected chi connectivity index (χ1v) is 8.71. The van der Waals surface area contributed by atoms with Crippen molar-refractivity contribution in [2.24, 2.45) is 5.10 Å². The van der Waals surface area contributed by atoms with E-state index < -0.39 is 0 Å². The number of anilines is 1. The first kappa shape index (κ1) is 18.3. The van der Waals surface area contributed by atoms with Crippen molar-refractivity contribution in [1.82, 2.24) is 5.43 Å². The lowest BCUT2D eigenvalue weighted by Gasteiger charge is -2.07. The minimum atomic E-state index is -0.301. The van der Waals surface area contributed by atoms with E-state index in [1.165, 1.54) is 0 Å². The number of fused-ring (bicyclic) bond motifs is 1. The number of rotatable bonds is 5. The van der Waals surface area contributed by atoms with E-state index in [4.69, 9.17) is 0 Å². The molecule has 0 heterocycles. The van der Waals surface area contributed by atoms with Crippen molar-refractivity contribution >= 4 is 34.0 Å². The van der Waals surface area contributed by atoms with Crippen LogP contribution in [-0.4, -0.2) is 17.5 Å². The summed E-state index contributed by atoms with van der Waals surface area (Å²) < 4.78 is 0. The first-order valence-electron chi connectivity index (χ1n) is 8.71. The zero-order valence-corrected chi connectivity index (χ0v) is 15.3. The lowest BCUT2D eigenvalue weighted by molar-refractivity contribution is -0.115. The number of benzene rings is 3. The van der Waals surface area contributed by atoms with Crippen LogP contribution in [0.1, 0.15) is 29.3 Å². The molecule has 0 aliphatic rings. The summed E-state index contributed by atoms with van der Waals surface area (Å²) in [5.74, 6) is -0.482. The van der Waals surface area contributed by atoms with Gasteiger partial charge in [-0.15, -0.1) is 0 Å². The number of hydrogen-bond acceptors (Lipinski definition) is 3. The topological polar surface area (TPSA) is 70.6 Å². The maximum atomic E-state index is 12.5. The van der Waals surface area contributed by atoms with Gasteiger partial charge in [-0.25, -0.2) is 5.43 Å². The summed E-state index contributed by atoms with van der Waals surface area (Å²) in [5, 5.41) is 8.72. The zero-order valence-electron chi connectivity index (χ0n) is 15.3. The van der Waals surface area contributed by atoms with E-state index in [2.05, 4.69) is 15.8 Å². The van der Waals surface area contributed by atoms with Gasteiger partial charge in [0.2, 0.25) is 5.91 Å². The number of nitrogens with zero attached hydrogens (tertiary/aromatic N) is 1. The molecule has 0 fully saturated rings. The van der Waals surface area contributed by atoms with Crippen LogP contribution < -0.4 is 10.7 Å². The molecule has 136 valence electrons. The molecular formula is C22H21N3O2. The molecule has 3 rings (SSSR count). The van der Waals surface area contributed by atoms with Crippen molar-refractivity contribution in [3.8, 4) is 0 Å². The number of hydrazone groups is 1. The molecule has 0 unspecified atom stereocenters. The van der Waals surface area contributed by atoms with E-state index in [1.54, 1.807) is 13.0 Å². The number of amides is 2. The molecule has 5 nitrogen and oxygen atoms in total. The van der Waals surface area contributed by atoms with Crippen LogP contribution in [0.25, 0.3) is 10.8 Å². The van der Waals surface area contributed by atoms with Gasteiger partial charge in [0.15, 0.2) is 0 Å². The number of aryl methyl sites for hydroxylation is 1. The highest BCUT2D eigenvalue weighted by Crippen LogP contribution is 2.18. The second-order valence-corrected chi connectivity index (χ2v) is 6.41. The zero-order chi connectivity index (χ0) is 19.2. The quantitative estimate of drug-likeness (QED) is 0.527. The molecular weight excluding hydrogens is 338 g/mol. The third-order valence-electron chi connectivity index (χ3n) is 4.13. The molecule has 2 N–H and O–H groups in total. The Balaban J connectivity index is 1.61. The molecule has 0 saturated heterocycles. The Morgan fingerprint density at radius 1 is 0.926 bits per heavy atom. The normalized spacial score (nSPS) is 11.3. The van der Waals surface area contributed by atoms with Crippen molar-refractivity contribution in [2.45, 2.75) is 20.3 Å². The fourth-order valence-electron chi connectivity index (χ4n) is 2.74. The van der Waals surface area contributed by atoms with Crippen LogP contribution in [0.2, 0.25) is 0 Å². The van der Waals surface area contributed by atoms with Crippen LogP contribution in [0.4, 0.5) is 5.69 Å². The third kappa shape index (κ3) is 4.79. The molecule has 5 heteroatoms. The van der Waals surface area contributed by atoms with Gasteiger partial charge in [0.25, 0.3) is 5.91 Å². The molecule has 0 atom stereocenters. The van der Waals surface area contributed by atoms with Gasteiger partial charge in [-0.1, -0.05) is 54.1 Å². The van der Waals surface area contributed by atoms with Crippen LogP contribution in [0.3, 0.4) is 0 Å². The van der Waals surface area contributed by atoms with E-state index in [0.717, 1.165) is 22.0 Å².